The van der Waals surface area contributed by atoms with Gasteiger partial charge < -0.3 is 4.90 Å². The van der Waals surface area contributed by atoms with Crippen molar-refractivity contribution in [3.63, 3.8) is 0 Å². The fourth-order valence-corrected chi connectivity index (χ4v) is 3.26. The zero-order valence-electron chi connectivity index (χ0n) is 14.9. The lowest BCUT2D eigenvalue weighted by Gasteiger charge is -2.17. The first-order chi connectivity index (χ1) is 11.3. The summed E-state index contributed by atoms with van der Waals surface area (Å²) in [6, 6.07) is 1.85. The average molecular weight is 348 g/mol. The average Bonchev–Trinajstić information content (AvgIpc) is 2.94. The maximum atomic E-state index is 12.3. The monoisotopic (exact) mass is 348 g/mol. The number of nitrogens with zero attached hydrogens (tertiary/aromatic N) is 4. The number of carbonyl (C=O) groups is 1. The molecule has 2 aromatic rings. The van der Waals surface area contributed by atoms with E-state index in [1.165, 1.54) is 0 Å². The minimum absolute atomic E-state index is 0.0130. The van der Waals surface area contributed by atoms with Gasteiger partial charge in [0.05, 0.1) is 17.2 Å². The molecule has 2 aromatic heterocycles. The van der Waals surface area contributed by atoms with Gasteiger partial charge in [0.2, 0.25) is 5.91 Å². The van der Waals surface area contributed by atoms with Gasteiger partial charge in [-0.1, -0.05) is 13.8 Å². The molecule has 0 aliphatic rings. The molecular formula is C17H24N4O2S. The minimum Gasteiger partial charge on any atom is -0.340 e. The van der Waals surface area contributed by atoms with Gasteiger partial charge >= 0.3 is 5.69 Å². The van der Waals surface area contributed by atoms with Gasteiger partial charge in [0.1, 0.15) is 0 Å². The number of aromatic nitrogens is 3. The van der Waals surface area contributed by atoms with E-state index in [0.717, 1.165) is 16.4 Å². The number of thiazole rings is 1. The van der Waals surface area contributed by atoms with Gasteiger partial charge in [-0.15, -0.1) is 11.3 Å². The summed E-state index contributed by atoms with van der Waals surface area (Å²) in [5.41, 5.74) is 2.12. The highest BCUT2D eigenvalue weighted by Gasteiger charge is 2.13. The number of hydrogen-bond donors (Lipinski definition) is 0. The minimum atomic E-state index is -0.302. The first kappa shape index (κ1) is 18.3. The van der Waals surface area contributed by atoms with Crippen molar-refractivity contribution in [3.05, 3.63) is 44.0 Å². The van der Waals surface area contributed by atoms with Gasteiger partial charge in [0, 0.05) is 42.7 Å². The Balaban J connectivity index is 1.95. The molecule has 0 aromatic carbocycles. The topological polar surface area (TPSA) is 68.1 Å². The van der Waals surface area contributed by atoms with E-state index in [0.29, 0.717) is 24.7 Å². The normalized spacial score (nSPS) is 11.1. The standard InChI is InChI=1S/C17H24N4O2S/c1-11(2)16-19-14(10-24-16)9-20(5)15(22)6-7-21-13(4)8-12(3)18-17(21)23/h8,10-11H,6-7,9H2,1-5H3. The van der Waals surface area contributed by atoms with Gasteiger partial charge in [-0.2, -0.15) is 4.98 Å². The van der Waals surface area contributed by atoms with Crippen LogP contribution < -0.4 is 5.69 Å². The van der Waals surface area contributed by atoms with Crippen LogP contribution in [0.1, 0.15) is 48.3 Å². The van der Waals surface area contributed by atoms with Crippen molar-refractivity contribution in [3.8, 4) is 0 Å². The van der Waals surface area contributed by atoms with Crippen LogP contribution in [0, 0.1) is 13.8 Å². The van der Waals surface area contributed by atoms with Crippen molar-refractivity contribution < 1.29 is 4.79 Å². The van der Waals surface area contributed by atoms with Crippen LogP contribution in [-0.4, -0.2) is 32.4 Å². The molecule has 0 saturated carbocycles. The highest BCUT2D eigenvalue weighted by atomic mass is 32.1. The van der Waals surface area contributed by atoms with E-state index in [1.807, 2.05) is 18.4 Å². The smallest absolute Gasteiger partial charge is 0.340 e. The number of aryl methyl sites for hydroxylation is 2. The van der Waals surface area contributed by atoms with E-state index >= 15 is 0 Å². The molecule has 2 heterocycles. The molecule has 0 spiro atoms. The molecule has 7 heteroatoms. The Morgan fingerprint density at radius 2 is 2.04 bits per heavy atom. The molecule has 0 aliphatic carbocycles. The third-order valence-electron chi connectivity index (χ3n) is 3.78. The number of rotatable bonds is 6. The predicted octanol–water partition coefficient (Wildman–Crippen LogP) is 2.49. The Bertz CT molecular complexity index is 779. The molecule has 6 nitrogen and oxygen atoms in total. The summed E-state index contributed by atoms with van der Waals surface area (Å²) >= 11 is 1.62. The van der Waals surface area contributed by atoms with Crippen LogP contribution in [0.2, 0.25) is 0 Å². The Hall–Kier alpha value is -2.02. The molecule has 2 rings (SSSR count). The van der Waals surface area contributed by atoms with E-state index in [4.69, 9.17) is 0 Å². The van der Waals surface area contributed by atoms with Crippen LogP contribution in [0.4, 0.5) is 0 Å². The lowest BCUT2D eigenvalue weighted by Crippen LogP contribution is -2.31. The van der Waals surface area contributed by atoms with E-state index in [-0.39, 0.29) is 18.0 Å². The van der Waals surface area contributed by atoms with E-state index in [2.05, 4.69) is 23.8 Å². The Kier molecular flexibility index (Phi) is 5.88. The van der Waals surface area contributed by atoms with Crippen molar-refractivity contribution in [1.29, 1.82) is 0 Å². The SMILES string of the molecule is Cc1cc(C)n(CCC(=O)N(C)Cc2csc(C(C)C)n2)c(=O)n1. The molecule has 0 unspecified atom stereocenters. The second-order valence-corrected chi connectivity index (χ2v) is 7.19. The Labute approximate surface area is 146 Å². The van der Waals surface area contributed by atoms with Crippen LogP contribution in [0.15, 0.2) is 16.2 Å². The molecule has 0 N–H and O–H groups in total. The summed E-state index contributed by atoms with van der Waals surface area (Å²) in [5.74, 6) is 0.384. The van der Waals surface area contributed by atoms with E-state index in [1.54, 1.807) is 34.8 Å². The summed E-state index contributed by atoms with van der Waals surface area (Å²) in [7, 11) is 1.76. The molecule has 0 bridgehead atoms. The van der Waals surface area contributed by atoms with Crippen molar-refractivity contribution in [2.24, 2.45) is 0 Å². The van der Waals surface area contributed by atoms with Crippen molar-refractivity contribution in [1.82, 2.24) is 19.4 Å². The zero-order valence-corrected chi connectivity index (χ0v) is 15.7. The fourth-order valence-electron chi connectivity index (χ4n) is 2.44. The van der Waals surface area contributed by atoms with Gasteiger partial charge in [0.25, 0.3) is 0 Å². The Morgan fingerprint density at radius 3 is 2.62 bits per heavy atom. The van der Waals surface area contributed by atoms with Crippen molar-refractivity contribution in [2.75, 3.05) is 7.05 Å². The summed E-state index contributed by atoms with van der Waals surface area (Å²) in [5, 5.41) is 3.08. The summed E-state index contributed by atoms with van der Waals surface area (Å²) < 4.78 is 1.54. The van der Waals surface area contributed by atoms with E-state index < -0.39 is 0 Å². The number of amides is 1. The van der Waals surface area contributed by atoms with Gasteiger partial charge in [-0.25, -0.2) is 9.78 Å². The first-order valence-corrected chi connectivity index (χ1v) is 8.89. The molecule has 0 fully saturated rings. The highest BCUT2D eigenvalue weighted by molar-refractivity contribution is 7.09. The van der Waals surface area contributed by atoms with Gasteiger partial charge in [-0.3, -0.25) is 9.36 Å². The molecule has 130 valence electrons. The lowest BCUT2D eigenvalue weighted by molar-refractivity contribution is -0.130. The number of hydrogen-bond acceptors (Lipinski definition) is 5. The highest BCUT2D eigenvalue weighted by Crippen LogP contribution is 2.19. The van der Waals surface area contributed by atoms with Crippen LogP contribution >= 0.6 is 11.3 Å². The fraction of sp³-hybridized carbons (Fsp3) is 0.529. The third-order valence-corrected chi connectivity index (χ3v) is 4.98. The maximum absolute atomic E-state index is 12.3. The third kappa shape index (κ3) is 4.50. The predicted molar refractivity (Wildman–Crippen MR) is 95.3 cm³/mol. The Morgan fingerprint density at radius 1 is 1.33 bits per heavy atom. The van der Waals surface area contributed by atoms with Crippen LogP contribution in [-0.2, 0) is 17.9 Å². The first-order valence-electron chi connectivity index (χ1n) is 8.01. The van der Waals surface area contributed by atoms with Crippen LogP contribution in [0.3, 0.4) is 0 Å². The van der Waals surface area contributed by atoms with Crippen LogP contribution in [0.25, 0.3) is 0 Å². The molecule has 0 aliphatic heterocycles. The van der Waals surface area contributed by atoms with Crippen LogP contribution in [0.5, 0.6) is 0 Å². The largest absolute Gasteiger partial charge is 0.347 e. The molecule has 24 heavy (non-hydrogen) atoms. The molecule has 1 amide bonds. The molecule has 0 atom stereocenters. The summed E-state index contributed by atoms with van der Waals surface area (Å²) in [6.45, 7) is 8.68. The number of carbonyl (C=O) groups excluding carboxylic acids is 1. The van der Waals surface area contributed by atoms with E-state index in [9.17, 15) is 9.59 Å². The summed E-state index contributed by atoms with van der Waals surface area (Å²) in [6.07, 6.45) is 0.267. The lowest BCUT2D eigenvalue weighted by atomic mass is 10.2. The molecule has 0 radical (unpaired) electrons. The van der Waals surface area contributed by atoms with Gasteiger partial charge in [0.15, 0.2) is 0 Å². The zero-order chi connectivity index (χ0) is 17.9. The summed E-state index contributed by atoms with van der Waals surface area (Å²) in [4.78, 5) is 34.4. The van der Waals surface area contributed by atoms with Crippen molar-refractivity contribution >= 4 is 17.2 Å². The quantitative estimate of drug-likeness (QED) is 0.804. The maximum Gasteiger partial charge on any atom is 0.347 e. The molecular weight excluding hydrogens is 324 g/mol. The second-order valence-electron chi connectivity index (χ2n) is 6.30. The van der Waals surface area contributed by atoms with Crippen molar-refractivity contribution in [2.45, 2.75) is 53.1 Å². The second kappa shape index (κ2) is 7.70. The van der Waals surface area contributed by atoms with Gasteiger partial charge in [-0.05, 0) is 19.9 Å². The molecule has 0 saturated heterocycles.